The lowest BCUT2D eigenvalue weighted by Crippen LogP contribution is -1.99. The minimum Gasteiger partial charge on any atom is -0.305 e. The molecule has 132 valence electrons. The van der Waals surface area contributed by atoms with Crippen LogP contribution >= 0.6 is 15.9 Å². The lowest BCUT2D eigenvalue weighted by molar-refractivity contribution is 0.484. The number of azo groups is 1. The van der Waals surface area contributed by atoms with Gasteiger partial charge in [-0.15, -0.1) is 10.2 Å². The van der Waals surface area contributed by atoms with Gasteiger partial charge in [0.2, 0.25) is 0 Å². The summed E-state index contributed by atoms with van der Waals surface area (Å²) in [5, 5.41) is 16.0. The van der Waals surface area contributed by atoms with E-state index in [2.05, 4.69) is 36.5 Å². The maximum absolute atomic E-state index is 11.8. The molecule has 0 bridgehead atoms. The summed E-state index contributed by atoms with van der Waals surface area (Å²) >= 11 is 3.33. The number of rotatable bonds is 4. The van der Waals surface area contributed by atoms with Gasteiger partial charge in [-0.3, -0.25) is 4.55 Å². The second-order valence-electron chi connectivity index (χ2n) is 5.16. The molecule has 0 heterocycles. The van der Waals surface area contributed by atoms with E-state index in [4.69, 9.17) is 5.84 Å². The molecule has 0 atom stereocenters. The molecule has 0 unspecified atom stereocenters. The van der Waals surface area contributed by atoms with Crippen LogP contribution in [0.5, 0.6) is 0 Å². The van der Waals surface area contributed by atoms with Gasteiger partial charge in [-0.1, -0.05) is 51.5 Å². The number of hydrogen-bond acceptors (Lipinski definition) is 6. The summed E-state index contributed by atoms with van der Waals surface area (Å²) < 4.78 is 34.0. The molecule has 0 aliphatic carbocycles. The van der Waals surface area contributed by atoms with E-state index in [1.54, 1.807) is 42.5 Å². The molecule has 8 nitrogen and oxygen atoms in total. The van der Waals surface area contributed by atoms with E-state index in [0.717, 1.165) is 4.47 Å². The largest absolute Gasteiger partial charge is 0.305 e. The summed E-state index contributed by atoms with van der Waals surface area (Å²) in [6, 6.07) is 14.8. The molecule has 10 heteroatoms. The van der Waals surface area contributed by atoms with Crippen molar-refractivity contribution in [1.82, 2.24) is 0 Å². The number of halogens is 1. The van der Waals surface area contributed by atoms with Gasteiger partial charge in [0.05, 0.1) is 5.69 Å². The van der Waals surface area contributed by atoms with Crippen molar-refractivity contribution in [3.63, 3.8) is 0 Å². The van der Waals surface area contributed by atoms with Gasteiger partial charge in [0.25, 0.3) is 10.1 Å². The Morgan fingerprint density at radius 1 is 0.923 bits per heavy atom. The lowest BCUT2D eigenvalue weighted by Gasteiger charge is -2.08. The van der Waals surface area contributed by atoms with Gasteiger partial charge in [-0.25, -0.2) is 0 Å². The molecule has 3 aromatic carbocycles. The van der Waals surface area contributed by atoms with Crippen molar-refractivity contribution in [2.75, 3.05) is 0 Å². The number of nitrogens with two attached hydrogens (primary N) is 1. The fourth-order valence-corrected chi connectivity index (χ4v) is 3.52. The Kier molecular flexibility index (Phi) is 5.07. The first-order chi connectivity index (χ1) is 12.4. The van der Waals surface area contributed by atoms with Crippen molar-refractivity contribution >= 4 is 53.9 Å². The second-order valence-corrected chi connectivity index (χ2v) is 7.46. The van der Waals surface area contributed by atoms with E-state index in [1.807, 2.05) is 6.07 Å². The molecule has 0 amide bonds. The number of benzene rings is 3. The molecule has 0 radical (unpaired) electrons. The van der Waals surface area contributed by atoms with Crippen LogP contribution in [0.1, 0.15) is 0 Å². The van der Waals surface area contributed by atoms with E-state index in [1.165, 1.54) is 6.07 Å². The van der Waals surface area contributed by atoms with Crippen LogP contribution in [-0.2, 0) is 10.1 Å². The Labute approximate surface area is 157 Å². The van der Waals surface area contributed by atoms with Crippen molar-refractivity contribution in [2.24, 2.45) is 26.4 Å². The van der Waals surface area contributed by atoms with Crippen LogP contribution in [0.4, 0.5) is 17.1 Å². The first-order valence-corrected chi connectivity index (χ1v) is 9.45. The van der Waals surface area contributed by atoms with Gasteiger partial charge >= 0.3 is 0 Å². The van der Waals surface area contributed by atoms with Gasteiger partial charge in [-0.2, -0.15) is 13.5 Å². The topological polar surface area (TPSA) is 130 Å². The summed E-state index contributed by atoms with van der Waals surface area (Å²) in [5.74, 6) is 5.18. The SMILES string of the molecule is NN=Nc1c(/N=N/c2cccc(Br)c2)cc(S(=O)(=O)O)c2ccccc12. The van der Waals surface area contributed by atoms with Crippen LogP contribution in [0.15, 0.2) is 84.5 Å². The molecular formula is C16H12BrN5O3S. The maximum atomic E-state index is 11.8. The van der Waals surface area contributed by atoms with Crippen molar-refractivity contribution in [3.05, 3.63) is 59.1 Å². The summed E-state index contributed by atoms with van der Waals surface area (Å²) in [6.45, 7) is 0. The van der Waals surface area contributed by atoms with E-state index in [9.17, 15) is 13.0 Å². The number of fused-ring (bicyclic) bond motifs is 1. The maximum Gasteiger partial charge on any atom is 0.295 e. The summed E-state index contributed by atoms with van der Waals surface area (Å²) in [5.41, 5.74) is 0.885. The Bertz CT molecular complexity index is 1150. The Balaban J connectivity index is 2.28. The Morgan fingerprint density at radius 2 is 1.65 bits per heavy atom. The monoisotopic (exact) mass is 433 g/mol. The molecule has 0 aromatic heterocycles. The number of hydrogen-bond donors (Lipinski definition) is 2. The minimum absolute atomic E-state index is 0.102. The lowest BCUT2D eigenvalue weighted by atomic mass is 10.1. The quantitative estimate of drug-likeness (QED) is 0.252. The van der Waals surface area contributed by atoms with Crippen molar-refractivity contribution in [3.8, 4) is 0 Å². The normalized spacial score (nSPS) is 12.4. The molecule has 0 aliphatic heterocycles. The molecule has 3 N–H and O–H groups in total. The van der Waals surface area contributed by atoms with Crippen molar-refractivity contribution < 1.29 is 13.0 Å². The second kappa shape index (κ2) is 7.28. The third-order valence-corrected chi connectivity index (χ3v) is 4.86. The third kappa shape index (κ3) is 3.77. The zero-order valence-corrected chi connectivity index (χ0v) is 15.5. The van der Waals surface area contributed by atoms with Crippen LogP contribution in [0, 0.1) is 0 Å². The highest BCUT2D eigenvalue weighted by Gasteiger charge is 2.19. The van der Waals surface area contributed by atoms with Gasteiger partial charge in [0, 0.05) is 15.2 Å². The smallest absolute Gasteiger partial charge is 0.295 e. The molecule has 0 aliphatic rings. The Hall–Kier alpha value is -2.69. The van der Waals surface area contributed by atoms with Crippen LogP contribution < -0.4 is 5.84 Å². The molecule has 0 spiro atoms. The molecule has 0 saturated heterocycles. The molecule has 0 fully saturated rings. The molecular weight excluding hydrogens is 422 g/mol. The van der Waals surface area contributed by atoms with Gasteiger partial charge < -0.3 is 5.84 Å². The van der Waals surface area contributed by atoms with Gasteiger partial charge in [-0.05, 0) is 24.3 Å². The van der Waals surface area contributed by atoms with Crippen LogP contribution in [0.25, 0.3) is 10.8 Å². The fraction of sp³-hybridized carbons (Fsp3) is 0. The summed E-state index contributed by atoms with van der Waals surface area (Å²) in [7, 11) is -4.49. The van der Waals surface area contributed by atoms with Crippen molar-refractivity contribution in [2.45, 2.75) is 4.90 Å². The molecule has 26 heavy (non-hydrogen) atoms. The fourth-order valence-electron chi connectivity index (χ4n) is 2.42. The number of nitrogens with zero attached hydrogens (tertiary/aromatic N) is 4. The van der Waals surface area contributed by atoms with E-state index in [-0.39, 0.29) is 21.7 Å². The third-order valence-electron chi connectivity index (χ3n) is 3.48. The van der Waals surface area contributed by atoms with Gasteiger partial charge in [0.15, 0.2) is 0 Å². The standard InChI is InChI=1S/C16H12BrN5O3S/c17-10-4-3-5-11(8-10)19-20-14-9-15(26(23,24)25)12-6-1-2-7-13(12)16(14)21-22-18/h1-9H,(H2,18,21)(H,23,24,25)/b20-19+. The van der Waals surface area contributed by atoms with Gasteiger partial charge in [0.1, 0.15) is 16.3 Å². The molecule has 0 saturated carbocycles. The molecule has 3 rings (SSSR count). The highest BCUT2D eigenvalue weighted by atomic mass is 79.9. The van der Waals surface area contributed by atoms with E-state index >= 15 is 0 Å². The average Bonchev–Trinajstić information content (AvgIpc) is 2.60. The van der Waals surface area contributed by atoms with Crippen LogP contribution in [-0.4, -0.2) is 13.0 Å². The average molecular weight is 434 g/mol. The van der Waals surface area contributed by atoms with Crippen LogP contribution in [0.3, 0.4) is 0 Å². The highest BCUT2D eigenvalue weighted by Crippen LogP contribution is 2.40. The molecule has 3 aromatic rings. The highest BCUT2D eigenvalue weighted by molar-refractivity contribution is 9.10. The first-order valence-electron chi connectivity index (χ1n) is 7.21. The zero-order chi connectivity index (χ0) is 18.7. The summed E-state index contributed by atoms with van der Waals surface area (Å²) in [4.78, 5) is -0.299. The van der Waals surface area contributed by atoms with E-state index < -0.39 is 10.1 Å². The Morgan fingerprint density at radius 3 is 2.31 bits per heavy atom. The van der Waals surface area contributed by atoms with E-state index in [0.29, 0.717) is 11.1 Å². The first kappa shape index (κ1) is 18.1. The predicted molar refractivity (Wildman–Crippen MR) is 101 cm³/mol. The van der Waals surface area contributed by atoms with Crippen molar-refractivity contribution in [1.29, 1.82) is 0 Å². The summed E-state index contributed by atoms with van der Waals surface area (Å²) in [6.07, 6.45) is 0. The minimum atomic E-state index is -4.49. The zero-order valence-electron chi connectivity index (χ0n) is 13.1. The predicted octanol–water partition coefficient (Wildman–Crippen LogP) is 5.22. The van der Waals surface area contributed by atoms with Crippen LogP contribution in [0.2, 0.25) is 0 Å².